The van der Waals surface area contributed by atoms with E-state index in [0.717, 1.165) is 18.8 Å². The van der Waals surface area contributed by atoms with Crippen molar-refractivity contribution in [3.8, 4) is 0 Å². The topological polar surface area (TPSA) is 37.3 Å². The Morgan fingerprint density at radius 1 is 1.28 bits per heavy atom. The summed E-state index contributed by atoms with van der Waals surface area (Å²) < 4.78 is 0. The zero-order valence-electron chi connectivity index (χ0n) is 12.5. The molecule has 2 heteroatoms. The van der Waals surface area contributed by atoms with Gasteiger partial charge in [-0.15, -0.1) is 0 Å². The molecule has 0 aromatic heterocycles. The monoisotopic (exact) mass is 252 g/mol. The third-order valence-corrected chi connectivity index (χ3v) is 6.62. The summed E-state index contributed by atoms with van der Waals surface area (Å²) in [5.74, 6) is 0.0999. The summed E-state index contributed by atoms with van der Waals surface area (Å²) in [6, 6.07) is 0. The van der Waals surface area contributed by atoms with Crippen LogP contribution in [0.5, 0.6) is 0 Å². The van der Waals surface area contributed by atoms with Crippen molar-refractivity contribution < 1.29 is 9.90 Å². The van der Waals surface area contributed by atoms with Gasteiger partial charge in [0, 0.05) is 0 Å². The molecule has 0 bridgehead atoms. The second kappa shape index (κ2) is 3.98. The maximum atomic E-state index is 11.4. The van der Waals surface area contributed by atoms with Crippen molar-refractivity contribution in [1.29, 1.82) is 0 Å². The van der Waals surface area contributed by atoms with Crippen LogP contribution in [0.15, 0.2) is 0 Å². The van der Waals surface area contributed by atoms with E-state index in [4.69, 9.17) is 0 Å². The summed E-state index contributed by atoms with van der Waals surface area (Å²) in [5.41, 5.74) is 0.540. The van der Waals surface area contributed by atoms with Gasteiger partial charge in [0.2, 0.25) is 0 Å². The average molecular weight is 252 g/mol. The fraction of sp³-hybridized carbons (Fsp3) is 0.938. The van der Waals surface area contributed by atoms with E-state index in [2.05, 4.69) is 34.6 Å². The Morgan fingerprint density at radius 2 is 1.78 bits per heavy atom. The molecule has 0 aliphatic heterocycles. The number of hydrogen-bond donors (Lipinski definition) is 1. The van der Waals surface area contributed by atoms with E-state index in [-0.39, 0.29) is 16.7 Å². The number of carboxylic acid groups (broad SMARTS) is 1. The van der Waals surface area contributed by atoms with Crippen LogP contribution in [0.25, 0.3) is 0 Å². The molecule has 0 radical (unpaired) electrons. The molecule has 2 saturated carbocycles. The van der Waals surface area contributed by atoms with E-state index in [1.807, 2.05) is 0 Å². The highest BCUT2D eigenvalue weighted by Gasteiger charge is 2.74. The van der Waals surface area contributed by atoms with Crippen molar-refractivity contribution in [2.45, 2.75) is 66.7 Å². The molecule has 0 aromatic carbocycles. The summed E-state index contributed by atoms with van der Waals surface area (Å²) in [6.45, 7) is 11.3. The van der Waals surface area contributed by atoms with Crippen molar-refractivity contribution in [2.24, 2.45) is 28.1 Å². The maximum Gasteiger partial charge on any atom is 0.307 e. The molecule has 1 atom stereocenters. The highest BCUT2D eigenvalue weighted by atomic mass is 16.4. The van der Waals surface area contributed by atoms with Crippen LogP contribution in [-0.2, 0) is 4.79 Å². The third kappa shape index (κ3) is 1.71. The number of carboxylic acids is 1. The van der Waals surface area contributed by atoms with Gasteiger partial charge < -0.3 is 5.11 Å². The van der Waals surface area contributed by atoms with Gasteiger partial charge in [-0.05, 0) is 47.8 Å². The van der Waals surface area contributed by atoms with Gasteiger partial charge in [0.05, 0.1) is 5.92 Å². The molecular weight excluding hydrogens is 224 g/mol. The second-order valence-electron chi connectivity index (χ2n) is 7.77. The van der Waals surface area contributed by atoms with Crippen LogP contribution in [0.1, 0.15) is 66.7 Å². The molecule has 2 rings (SSSR count). The minimum absolute atomic E-state index is 0.0140. The number of carbonyl (C=O) groups is 1. The van der Waals surface area contributed by atoms with Crippen LogP contribution in [-0.4, -0.2) is 11.1 Å². The second-order valence-corrected chi connectivity index (χ2v) is 7.77. The molecule has 18 heavy (non-hydrogen) atoms. The Morgan fingerprint density at radius 3 is 2.11 bits per heavy atom. The molecular formula is C16H28O2. The van der Waals surface area contributed by atoms with Crippen molar-refractivity contribution in [2.75, 3.05) is 0 Å². The van der Waals surface area contributed by atoms with Crippen molar-refractivity contribution in [1.82, 2.24) is 0 Å². The third-order valence-electron chi connectivity index (χ3n) is 6.62. The van der Waals surface area contributed by atoms with Gasteiger partial charge in [-0.1, -0.05) is 41.0 Å². The summed E-state index contributed by atoms with van der Waals surface area (Å²) in [4.78, 5) is 11.4. The predicted octanol–water partition coefficient (Wildman–Crippen LogP) is 4.34. The Hall–Kier alpha value is -0.530. The van der Waals surface area contributed by atoms with Gasteiger partial charge in [0.1, 0.15) is 0 Å². The van der Waals surface area contributed by atoms with Crippen molar-refractivity contribution >= 4 is 5.97 Å². The fourth-order valence-corrected chi connectivity index (χ4v) is 4.62. The van der Waals surface area contributed by atoms with Gasteiger partial charge >= 0.3 is 5.97 Å². The summed E-state index contributed by atoms with van der Waals surface area (Å²) >= 11 is 0. The first-order chi connectivity index (χ1) is 8.19. The summed E-state index contributed by atoms with van der Waals surface area (Å²) in [5, 5.41) is 9.38. The van der Waals surface area contributed by atoms with E-state index in [1.165, 1.54) is 19.3 Å². The highest BCUT2D eigenvalue weighted by molar-refractivity contribution is 5.77. The summed E-state index contributed by atoms with van der Waals surface area (Å²) in [6.07, 6.45) is 5.88. The lowest BCUT2D eigenvalue weighted by atomic mass is 9.65. The SMILES string of the molecule is CCC(C)(C)C1CCC2(CC1)C(C(=O)O)C2(C)C. The molecule has 1 spiro atoms. The average Bonchev–Trinajstić information content (AvgIpc) is 2.75. The van der Waals surface area contributed by atoms with Gasteiger partial charge in [-0.25, -0.2) is 0 Å². The number of hydrogen-bond acceptors (Lipinski definition) is 1. The molecule has 1 unspecified atom stereocenters. The molecule has 0 saturated heterocycles. The highest BCUT2D eigenvalue weighted by Crippen LogP contribution is 2.75. The van der Waals surface area contributed by atoms with Crippen LogP contribution >= 0.6 is 0 Å². The van der Waals surface area contributed by atoms with Crippen LogP contribution < -0.4 is 0 Å². The first-order valence-corrected chi connectivity index (χ1v) is 7.42. The molecule has 2 nitrogen and oxygen atoms in total. The molecule has 2 fully saturated rings. The predicted molar refractivity (Wildman–Crippen MR) is 73.4 cm³/mol. The zero-order valence-corrected chi connectivity index (χ0v) is 12.5. The van der Waals surface area contributed by atoms with Crippen molar-refractivity contribution in [3.63, 3.8) is 0 Å². The van der Waals surface area contributed by atoms with Gasteiger partial charge in [0.25, 0.3) is 0 Å². The lowest BCUT2D eigenvalue weighted by Gasteiger charge is -2.40. The van der Waals surface area contributed by atoms with Gasteiger partial charge in [0.15, 0.2) is 0 Å². The molecule has 0 amide bonds. The van der Waals surface area contributed by atoms with Crippen LogP contribution in [0.4, 0.5) is 0 Å². The first-order valence-electron chi connectivity index (χ1n) is 7.42. The quantitative estimate of drug-likeness (QED) is 0.811. The van der Waals surface area contributed by atoms with E-state index >= 15 is 0 Å². The van der Waals surface area contributed by atoms with Gasteiger partial charge in [-0.3, -0.25) is 4.79 Å². The first kappa shape index (κ1) is 13.9. The molecule has 0 aromatic rings. The lowest BCUT2D eigenvalue weighted by Crippen LogP contribution is -2.30. The minimum Gasteiger partial charge on any atom is -0.481 e. The summed E-state index contributed by atoms with van der Waals surface area (Å²) in [7, 11) is 0. The molecule has 1 N–H and O–H groups in total. The van der Waals surface area contributed by atoms with Crippen LogP contribution in [0.3, 0.4) is 0 Å². The van der Waals surface area contributed by atoms with E-state index < -0.39 is 5.97 Å². The smallest absolute Gasteiger partial charge is 0.307 e. The van der Waals surface area contributed by atoms with Crippen molar-refractivity contribution in [3.05, 3.63) is 0 Å². The molecule has 104 valence electrons. The van der Waals surface area contributed by atoms with Crippen LogP contribution in [0, 0.1) is 28.1 Å². The Labute approximate surface area is 111 Å². The maximum absolute atomic E-state index is 11.4. The number of aliphatic carboxylic acids is 1. The molecule has 0 heterocycles. The zero-order chi connectivity index (χ0) is 13.8. The molecule has 2 aliphatic rings. The minimum atomic E-state index is -0.576. The Bertz CT molecular complexity index is 346. The van der Waals surface area contributed by atoms with Gasteiger partial charge in [-0.2, -0.15) is 0 Å². The number of rotatable bonds is 3. The Balaban J connectivity index is 2.06. The lowest BCUT2D eigenvalue weighted by molar-refractivity contribution is -0.140. The molecule has 2 aliphatic carbocycles. The van der Waals surface area contributed by atoms with E-state index in [9.17, 15) is 9.90 Å². The van der Waals surface area contributed by atoms with Crippen LogP contribution in [0.2, 0.25) is 0 Å². The standard InChI is InChI=1S/C16H28O2/c1-6-14(2,3)11-7-9-16(10-8-11)12(13(17)18)15(16,4)5/h11-12H,6-10H2,1-5H3,(H,17,18). The van der Waals surface area contributed by atoms with E-state index in [1.54, 1.807) is 0 Å². The van der Waals surface area contributed by atoms with E-state index in [0.29, 0.717) is 5.41 Å². The fourth-order valence-electron chi connectivity index (χ4n) is 4.62. The largest absolute Gasteiger partial charge is 0.481 e. The Kier molecular flexibility index (Phi) is 3.07. The normalized spacial score (nSPS) is 38.7.